The van der Waals surface area contributed by atoms with Gasteiger partial charge in [-0.3, -0.25) is 0 Å². The molecule has 1 aromatic heterocycles. The second-order valence-corrected chi connectivity index (χ2v) is 9.69. The Hall–Kier alpha value is -3.07. The Morgan fingerprint density at radius 2 is 1.80 bits per heavy atom. The van der Waals surface area contributed by atoms with Crippen molar-refractivity contribution in [2.45, 2.75) is 56.9 Å². The van der Waals surface area contributed by atoms with Crippen LogP contribution in [0.25, 0.3) is 0 Å². The highest BCUT2D eigenvalue weighted by atomic mass is 35.5. The van der Waals surface area contributed by atoms with Crippen molar-refractivity contribution in [1.82, 2.24) is 25.0 Å². The van der Waals surface area contributed by atoms with E-state index in [1.54, 1.807) is 4.90 Å². The summed E-state index contributed by atoms with van der Waals surface area (Å²) in [5, 5.41) is 12.4. The number of halogens is 4. The molecule has 1 N–H and O–H groups in total. The number of alkyl halides is 3. The minimum Gasteiger partial charge on any atom is -0.328 e. The van der Waals surface area contributed by atoms with Gasteiger partial charge in [0, 0.05) is 11.6 Å². The molecular weight excluding hydrogens is 479 g/mol. The third kappa shape index (κ3) is 4.74. The van der Waals surface area contributed by atoms with Crippen molar-refractivity contribution in [2.24, 2.45) is 0 Å². The molecule has 2 amide bonds. The number of carbonyl (C=O) groups is 1. The first-order chi connectivity index (χ1) is 16.7. The smallest absolute Gasteiger partial charge is 0.328 e. The summed E-state index contributed by atoms with van der Waals surface area (Å²) in [5.74, 6) is 1.48. The van der Waals surface area contributed by atoms with Crippen LogP contribution in [0.5, 0.6) is 0 Å². The van der Waals surface area contributed by atoms with Crippen LogP contribution in [0.4, 0.5) is 18.0 Å². The Morgan fingerprint density at radius 1 is 1.11 bits per heavy atom. The lowest BCUT2D eigenvalue weighted by atomic mass is 10.0. The van der Waals surface area contributed by atoms with Crippen LogP contribution in [0.2, 0.25) is 5.02 Å². The predicted molar refractivity (Wildman–Crippen MR) is 125 cm³/mol. The maximum Gasteiger partial charge on any atom is 0.416 e. The molecule has 184 valence electrons. The number of rotatable bonds is 5. The van der Waals surface area contributed by atoms with Crippen molar-refractivity contribution in [1.29, 1.82) is 0 Å². The number of urea groups is 1. The summed E-state index contributed by atoms with van der Waals surface area (Å²) in [7, 11) is 0. The van der Waals surface area contributed by atoms with E-state index >= 15 is 0 Å². The Bertz CT molecular complexity index is 1220. The van der Waals surface area contributed by atoms with E-state index in [0.717, 1.165) is 42.2 Å². The molecule has 0 spiro atoms. The number of amides is 2. The molecule has 1 saturated heterocycles. The van der Waals surface area contributed by atoms with Gasteiger partial charge in [-0.1, -0.05) is 35.9 Å². The number of likely N-dealkylation sites (tertiary alicyclic amines) is 1. The van der Waals surface area contributed by atoms with E-state index in [-0.39, 0.29) is 12.1 Å². The molecule has 1 saturated carbocycles. The number of hydrogen-bond acceptors (Lipinski definition) is 3. The van der Waals surface area contributed by atoms with Crippen LogP contribution in [0.15, 0.2) is 48.5 Å². The summed E-state index contributed by atoms with van der Waals surface area (Å²) in [5.41, 5.74) is 0.419. The average molecular weight is 504 g/mol. The minimum atomic E-state index is -4.39. The van der Waals surface area contributed by atoms with Crippen LogP contribution >= 0.6 is 11.6 Å². The highest BCUT2D eigenvalue weighted by Crippen LogP contribution is 2.46. The molecule has 1 atom stereocenters. The molecule has 0 radical (unpaired) electrons. The Labute approximate surface area is 206 Å². The Balaban J connectivity index is 1.33. The van der Waals surface area contributed by atoms with Gasteiger partial charge in [-0.25, -0.2) is 4.79 Å². The quantitative estimate of drug-likeness (QED) is 0.475. The highest BCUT2D eigenvalue weighted by molar-refractivity contribution is 6.30. The molecule has 1 aliphatic carbocycles. The van der Waals surface area contributed by atoms with Crippen LogP contribution in [0, 0.1) is 6.92 Å². The van der Waals surface area contributed by atoms with E-state index < -0.39 is 17.3 Å². The van der Waals surface area contributed by atoms with Gasteiger partial charge in [0.05, 0.1) is 23.7 Å². The zero-order chi connectivity index (χ0) is 24.8. The van der Waals surface area contributed by atoms with Gasteiger partial charge >= 0.3 is 12.2 Å². The summed E-state index contributed by atoms with van der Waals surface area (Å²) in [4.78, 5) is 15.1. The number of benzene rings is 2. The first kappa shape index (κ1) is 23.7. The van der Waals surface area contributed by atoms with E-state index in [2.05, 4.69) is 15.5 Å². The molecule has 1 aliphatic heterocycles. The molecule has 3 aromatic rings. The monoisotopic (exact) mass is 503 g/mol. The van der Waals surface area contributed by atoms with Gasteiger partial charge in [-0.15, -0.1) is 10.2 Å². The first-order valence-corrected chi connectivity index (χ1v) is 11.9. The molecule has 1 unspecified atom stereocenters. The van der Waals surface area contributed by atoms with E-state index in [1.807, 2.05) is 35.8 Å². The van der Waals surface area contributed by atoms with Crippen molar-refractivity contribution >= 4 is 17.6 Å². The predicted octanol–water partition coefficient (Wildman–Crippen LogP) is 5.84. The number of aryl methyl sites for hydroxylation is 1. The summed E-state index contributed by atoms with van der Waals surface area (Å²) in [6, 6.07) is 12.2. The standard InChI is InChI=1S/C25H25ClF3N5O/c1-16-31-32-22(34(16)15-17-4-10-20(26)11-5-17)21-3-2-14-33(21)23(35)30-24(12-13-24)18-6-8-19(9-7-18)25(27,28)29/h4-11,21H,2-3,12-15H2,1H3,(H,30,35). The fourth-order valence-electron chi connectivity index (χ4n) is 4.76. The van der Waals surface area contributed by atoms with E-state index in [0.29, 0.717) is 36.5 Å². The van der Waals surface area contributed by atoms with Crippen molar-refractivity contribution in [3.8, 4) is 0 Å². The molecular formula is C25H25ClF3N5O. The molecule has 5 rings (SSSR count). The largest absolute Gasteiger partial charge is 0.416 e. The maximum absolute atomic E-state index is 13.4. The van der Waals surface area contributed by atoms with E-state index in [9.17, 15) is 18.0 Å². The second-order valence-electron chi connectivity index (χ2n) is 9.26. The molecule has 10 heteroatoms. The molecule has 6 nitrogen and oxygen atoms in total. The van der Waals surface area contributed by atoms with Crippen LogP contribution in [-0.2, 0) is 18.3 Å². The van der Waals surface area contributed by atoms with Gasteiger partial charge in [0.25, 0.3) is 0 Å². The van der Waals surface area contributed by atoms with Gasteiger partial charge in [-0.2, -0.15) is 13.2 Å². The number of nitrogens with one attached hydrogen (secondary N) is 1. The number of carbonyl (C=O) groups excluding carboxylic acids is 1. The average Bonchev–Trinajstić information content (AvgIpc) is 3.28. The third-order valence-electron chi connectivity index (χ3n) is 6.89. The molecule has 2 aromatic carbocycles. The van der Waals surface area contributed by atoms with Crippen molar-refractivity contribution in [2.75, 3.05) is 6.54 Å². The topological polar surface area (TPSA) is 63.1 Å². The second kappa shape index (κ2) is 8.86. The molecule has 2 heterocycles. The van der Waals surface area contributed by atoms with Crippen LogP contribution in [0.1, 0.15) is 60.1 Å². The van der Waals surface area contributed by atoms with E-state index in [4.69, 9.17) is 11.6 Å². The summed E-state index contributed by atoms with van der Waals surface area (Å²) in [6.45, 7) is 3.02. The lowest BCUT2D eigenvalue weighted by Crippen LogP contribution is -2.45. The maximum atomic E-state index is 13.4. The van der Waals surface area contributed by atoms with E-state index in [1.165, 1.54) is 12.1 Å². The minimum absolute atomic E-state index is 0.230. The fourth-order valence-corrected chi connectivity index (χ4v) is 4.88. The van der Waals surface area contributed by atoms with Gasteiger partial charge in [0.15, 0.2) is 5.82 Å². The summed E-state index contributed by atoms with van der Waals surface area (Å²) >= 11 is 6.01. The third-order valence-corrected chi connectivity index (χ3v) is 7.14. The van der Waals surface area contributed by atoms with Crippen molar-refractivity contribution < 1.29 is 18.0 Å². The van der Waals surface area contributed by atoms with Gasteiger partial charge in [-0.05, 0) is 68.0 Å². The normalized spacial score (nSPS) is 19.1. The number of nitrogens with zero attached hydrogens (tertiary/aromatic N) is 4. The highest BCUT2D eigenvalue weighted by Gasteiger charge is 2.48. The SMILES string of the molecule is Cc1nnc(C2CCCN2C(=O)NC2(c3ccc(C(F)(F)F)cc3)CC2)n1Cc1ccc(Cl)cc1. The Morgan fingerprint density at radius 3 is 2.43 bits per heavy atom. The lowest BCUT2D eigenvalue weighted by Gasteiger charge is -2.28. The molecule has 35 heavy (non-hydrogen) atoms. The number of hydrogen-bond donors (Lipinski definition) is 1. The number of aromatic nitrogens is 3. The molecule has 2 fully saturated rings. The zero-order valence-electron chi connectivity index (χ0n) is 19.1. The zero-order valence-corrected chi connectivity index (χ0v) is 19.9. The van der Waals surface area contributed by atoms with Crippen LogP contribution in [0.3, 0.4) is 0 Å². The van der Waals surface area contributed by atoms with Crippen LogP contribution < -0.4 is 5.32 Å². The lowest BCUT2D eigenvalue weighted by molar-refractivity contribution is -0.137. The molecule has 2 aliphatic rings. The van der Waals surface area contributed by atoms with Gasteiger partial charge in [0.2, 0.25) is 0 Å². The van der Waals surface area contributed by atoms with Gasteiger partial charge in [0.1, 0.15) is 5.82 Å². The summed E-state index contributed by atoms with van der Waals surface area (Å²) < 4.78 is 40.9. The van der Waals surface area contributed by atoms with Crippen LogP contribution in [-0.4, -0.2) is 32.2 Å². The Kier molecular flexibility index (Phi) is 5.99. The van der Waals surface area contributed by atoms with Gasteiger partial charge < -0.3 is 14.8 Å². The first-order valence-electron chi connectivity index (χ1n) is 11.6. The fraction of sp³-hybridized carbons (Fsp3) is 0.400. The molecule has 0 bridgehead atoms. The van der Waals surface area contributed by atoms with Crippen molar-refractivity contribution in [3.05, 3.63) is 81.9 Å². The summed E-state index contributed by atoms with van der Waals surface area (Å²) in [6.07, 6.45) is -1.41. The van der Waals surface area contributed by atoms with Crippen molar-refractivity contribution in [3.63, 3.8) is 0 Å².